The number of amides is 1. The van der Waals surface area contributed by atoms with Gasteiger partial charge in [-0.25, -0.2) is 0 Å². The Morgan fingerprint density at radius 2 is 1.81 bits per heavy atom. The molecule has 2 aliphatic carbocycles. The number of hydrogen-bond acceptors (Lipinski definition) is 4. The Balaban J connectivity index is 1.70. The van der Waals surface area contributed by atoms with Crippen molar-refractivity contribution >= 4 is 29.4 Å². The van der Waals surface area contributed by atoms with E-state index in [2.05, 4.69) is 28.8 Å². The number of thioether (sulfide) groups is 2. The lowest BCUT2D eigenvalue weighted by molar-refractivity contribution is -0.129. The van der Waals surface area contributed by atoms with Crippen molar-refractivity contribution in [3.05, 3.63) is 0 Å². The highest BCUT2D eigenvalue weighted by Gasteiger charge is 2.55. The number of carbonyl (C=O) groups excluding carboxylic acids is 1. The van der Waals surface area contributed by atoms with Crippen LogP contribution in [0.15, 0.2) is 0 Å². The van der Waals surface area contributed by atoms with Gasteiger partial charge in [0, 0.05) is 17.4 Å². The summed E-state index contributed by atoms with van der Waals surface area (Å²) in [5.41, 5.74) is -0.502. The molecule has 0 radical (unpaired) electrons. The quantitative estimate of drug-likeness (QED) is 0.836. The summed E-state index contributed by atoms with van der Waals surface area (Å²) < 4.78 is 0.432. The standard InChI is InChI=1S/C16H27NO2S2/c1-15(2,10-18)17-14(19)11-8-12-4-3-5-13(9-11)16(12)20-6-7-21-16/h11-13,18H,3-10H2,1-2H3,(H,17,19). The predicted octanol–water partition coefficient (Wildman–Crippen LogP) is 2.88. The molecule has 2 atom stereocenters. The first-order valence-corrected chi connectivity index (χ1v) is 10.1. The third kappa shape index (κ3) is 2.98. The third-order valence-corrected chi connectivity index (χ3v) is 9.37. The molecule has 2 saturated carbocycles. The summed E-state index contributed by atoms with van der Waals surface area (Å²) in [6, 6.07) is 0. The monoisotopic (exact) mass is 329 g/mol. The van der Waals surface area contributed by atoms with Crippen LogP contribution >= 0.6 is 23.5 Å². The molecule has 2 unspecified atom stereocenters. The summed E-state index contributed by atoms with van der Waals surface area (Å²) in [6.45, 7) is 3.77. The molecule has 120 valence electrons. The van der Waals surface area contributed by atoms with Gasteiger partial charge in [-0.3, -0.25) is 4.79 Å². The summed E-state index contributed by atoms with van der Waals surface area (Å²) in [6.07, 6.45) is 6.02. The summed E-state index contributed by atoms with van der Waals surface area (Å²) in [7, 11) is 0. The molecular formula is C16H27NO2S2. The highest BCUT2D eigenvalue weighted by atomic mass is 32.2. The normalized spacial score (nSPS) is 34.9. The number of aliphatic hydroxyl groups is 1. The van der Waals surface area contributed by atoms with Crippen molar-refractivity contribution in [1.29, 1.82) is 0 Å². The highest BCUT2D eigenvalue weighted by molar-refractivity contribution is 8.21. The molecule has 3 fully saturated rings. The van der Waals surface area contributed by atoms with Gasteiger partial charge in [0.1, 0.15) is 0 Å². The lowest BCUT2D eigenvalue weighted by atomic mass is 9.66. The van der Waals surface area contributed by atoms with E-state index in [-0.39, 0.29) is 18.4 Å². The van der Waals surface area contributed by atoms with E-state index in [0.717, 1.165) is 12.8 Å². The van der Waals surface area contributed by atoms with Gasteiger partial charge < -0.3 is 10.4 Å². The van der Waals surface area contributed by atoms with Gasteiger partial charge >= 0.3 is 0 Å². The maximum Gasteiger partial charge on any atom is 0.223 e. The van der Waals surface area contributed by atoms with Gasteiger partial charge in [0.2, 0.25) is 5.91 Å². The number of nitrogens with one attached hydrogen (secondary N) is 1. The first kappa shape index (κ1) is 16.0. The zero-order valence-electron chi connectivity index (χ0n) is 13.1. The molecule has 1 amide bonds. The molecule has 0 aromatic heterocycles. The Morgan fingerprint density at radius 3 is 2.33 bits per heavy atom. The Bertz CT molecular complexity index is 391. The van der Waals surface area contributed by atoms with Crippen LogP contribution in [0, 0.1) is 17.8 Å². The number of carbonyl (C=O) groups is 1. The van der Waals surface area contributed by atoms with E-state index in [4.69, 9.17) is 0 Å². The molecule has 1 saturated heterocycles. The zero-order chi connectivity index (χ0) is 15.1. The van der Waals surface area contributed by atoms with Crippen molar-refractivity contribution in [2.24, 2.45) is 17.8 Å². The summed E-state index contributed by atoms with van der Waals surface area (Å²) in [4.78, 5) is 12.6. The minimum Gasteiger partial charge on any atom is -0.394 e. The van der Waals surface area contributed by atoms with Gasteiger partial charge in [0.05, 0.1) is 16.2 Å². The Labute approximate surface area is 136 Å². The van der Waals surface area contributed by atoms with E-state index in [1.54, 1.807) is 0 Å². The van der Waals surface area contributed by atoms with E-state index in [1.165, 1.54) is 30.8 Å². The van der Waals surface area contributed by atoms with E-state index in [1.807, 2.05) is 13.8 Å². The number of hydrogen-bond donors (Lipinski definition) is 2. The number of rotatable bonds is 3. The second-order valence-corrected chi connectivity index (χ2v) is 10.4. The van der Waals surface area contributed by atoms with Crippen LogP contribution in [-0.4, -0.2) is 38.7 Å². The average molecular weight is 330 g/mol. The third-order valence-electron chi connectivity index (χ3n) is 5.35. The zero-order valence-corrected chi connectivity index (χ0v) is 14.7. The van der Waals surface area contributed by atoms with Gasteiger partial charge in [0.25, 0.3) is 0 Å². The van der Waals surface area contributed by atoms with E-state index >= 15 is 0 Å². The van der Waals surface area contributed by atoms with Crippen molar-refractivity contribution < 1.29 is 9.90 Å². The Hall–Kier alpha value is 0.130. The van der Waals surface area contributed by atoms with Crippen LogP contribution in [0.4, 0.5) is 0 Å². The van der Waals surface area contributed by atoms with Gasteiger partial charge in [-0.15, -0.1) is 23.5 Å². The molecule has 1 aliphatic heterocycles. The molecule has 3 aliphatic rings. The molecule has 3 nitrogen and oxygen atoms in total. The second kappa shape index (κ2) is 5.97. The topological polar surface area (TPSA) is 49.3 Å². The van der Waals surface area contributed by atoms with Crippen molar-refractivity contribution in [2.75, 3.05) is 18.1 Å². The van der Waals surface area contributed by atoms with E-state index in [9.17, 15) is 9.90 Å². The lowest BCUT2D eigenvalue weighted by Gasteiger charge is -2.52. The molecule has 5 heteroatoms. The molecule has 1 spiro atoms. The first-order valence-electron chi connectivity index (χ1n) is 8.18. The van der Waals surface area contributed by atoms with Crippen LogP contribution in [0.3, 0.4) is 0 Å². The molecular weight excluding hydrogens is 302 g/mol. The summed E-state index contributed by atoms with van der Waals surface area (Å²) >= 11 is 4.36. The van der Waals surface area contributed by atoms with Gasteiger partial charge in [-0.2, -0.15) is 0 Å². The minimum atomic E-state index is -0.502. The fourth-order valence-electron chi connectivity index (χ4n) is 4.30. The SMILES string of the molecule is CC(C)(CO)NC(=O)C1CC2CCCC(C1)C21SCCS1. The van der Waals surface area contributed by atoms with Crippen molar-refractivity contribution in [3.63, 3.8) is 0 Å². The van der Waals surface area contributed by atoms with Crippen molar-refractivity contribution in [2.45, 2.75) is 55.6 Å². The molecule has 3 rings (SSSR count). The predicted molar refractivity (Wildman–Crippen MR) is 90.5 cm³/mol. The molecule has 1 heterocycles. The van der Waals surface area contributed by atoms with Crippen molar-refractivity contribution in [1.82, 2.24) is 5.32 Å². The van der Waals surface area contributed by atoms with E-state index in [0.29, 0.717) is 15.9 Å². The van der Waals surface area contributed by atoms with Crippen LogP contribution in [0.1, 0.15) is 46.0 Å². The Kier molecular flexibility index (Phi) is 4.55. The van der Waals surface area contributed by atoms with Gasteiger partial charge in [-0.1, -0.05) is 6.42 Å². The molecule has 2 N–H and O–H groups in total. The first-order chi connectivity index (χ1) is 9.97. The van der Waals surface area contributed by atoms with Crippen LogP contribution in [0.5, 0.6) is 0 Å². The van der Waals surface area contributed by atoms with Crippen LogP contribution in [-0.2, 0) is 4.79 Å². The largest absolute Gasteiger partial charge is 0.394 e. The average Bonchev–Trinajstić information content (AvgIpc) is 2.87. The highest BCUT2D eigenvalue weighted by Crippen LogP contribution is 2.64. The van der Waals surface area contributed by atoms with E-state index < -0.39 is 5.54 Å². The fraction of sp³-hybridized carbons (Fsp3) is 0.938. The summed E-state index contributed by atoms with van der Waals surface area (Å²) in [5, 5.41) is 12.4. The number of aliphatic hydroxyl groups excluding tert-OH is 1. The molecule has 0 aromatic rings. The van der Waals surface area contributed by atoms with Crippen molar-refractivity contribution in [3.8, 4) is 0 Å². The lowest BCUT2D eigenvalue weighted by Crippen LogP contribution is -2.53. The minimum absolute atomic E-state index is 0.00599. The maximum absolute atomic E-state index is 12.6. The van der Waals surface area contributed by atoms with Crippen LogP contribution in [0.2, 0.25) is 0 Å². The Morgan fingerprint density at radius 1 is 1.24 bits per heavy atom. The van der Waals surface area contributed by atoms with Crippen LogP contribution in [0.25, 0.3) is 0 Å². The fourth-order valence-corrected chi connectivity index (χ4v) is 8.24. The second-order valence-electron chi connectivity index (χ2n) is 7.44. The van der Waals surface area contributed by atoms with Gasteiger partial charge in [0.15, 0.2) is 0 Å². The molecule has 21 heavy (non-hydrogen) atoms. The molecule has 0 aromatic carbocycles. The van der Waals surface area contributed by atoms with Crippen LogP contribution < -0.4 is 5.32 Å². The molecule has 2 bridgehead atoms. The van der Waals surface area contributed by atoms with Gasteiger partial charge in [-0.05, 0) is 51.4 Å². The maximum atomic E-state index is 12.6. The smallest absolute Gasteiger partial charge is 0.223 e. The summed E-state index contributed by atoms with van der Waals surface area (Å²) in [5.74, 6) is 4.29.